The predicted molar refractivity (Wildman–Crippen MR) is 62.7 cm³/mol. The summed E-state index contributed by atoms with van der Waals surface area (Å²) < 4.78 is 12.1. The molecule has 2 saturated carbocycles. The first-order valence-electron chi connectivity index (χ1n) is 6.58. The van der Waals surface area contributed by atoms with Crippen LogP contribution < -0.4 is 0 Å². The summed E-state index contributed by atoms with van der Waals surface area (Å²) in [5.41, 5.74) is 0. The Morgan fingerprint density at radius 2 is 1.50 bits per heavy atom. The van der Waals surface area contributed by atoms with E-state index in [0.29, 0.717) is 18.0 Å². The molecule has 0 bridgehead atoms. The van der Waals surface area contributed by atoms with Crippen molar-refractivity contribution in [2.45, 2.75) is 51.4 Å². The molecule has 0 unspecified atom stereocenters. The van der Waals surface area contributed by atoms with Crippen LogP contribution in [-0.4, -0.2) is 5.78 Å². The van der Waals surface area contributed by atoms with E-state index in [1.807, 2.05) is 0 Å². The highest BCUT2D eigenvalue weighted by atomic mass is 19.1. The van der Waals surface area contributed by atoms with Crippen LogP contribution in [0.5, 0.6) is 0 Å². The lowest BCUT2D eigenvalue weighted by atomic mass is 9.71. The van der Waals surface area contributed by atoms with Gasteiger partial charge in [0.2, 0.25) is 0 Å². The first-order valence-corrected chi connectivity index (χ1v) is 6.58. The van der Waals surface area contributed by atoms with Crippen LogP contribution in [0.3, 0.4) is 0 Å². The van der Waals surface area contributed by atoms with E-state index in [1.165, 1.54) is 12.8 Å². The summed E-state index contributed by atoms with van der Waals surface area (Å²) in [5, 5.41) is 0. The Kier molecular flexibility index (Phi) is 4.14. The fraction of sp³-hybridized carbons (Fsp3) is 0.786. The van der Waals surface area contributed by atoms with E-state index in [1.54, 1.807) is 6.08 Å². The zero-order valence-electron chi connectivity index (χ0n) is 9.83. The van der Waals surface area contributed by atoms with Crippen molar-refractivity contribution < 1.29 is 9.18 Å². The number of allylic oxidation sites excluding steroid dienone is 1. The maximum absolute atomic E-state index is 12.1. The van der Waals surface area contributed by atoms with Gasteiger partial charge < -0.3 is 0 Å². The second-order valence-corrected chi connectivity index (χ2v) is 5.37. The van der Waals surface area contributed by atoms with Gasteiger partial charge in [-0.15, -0.1) is 0 Å². The minimum Gasteiger partial charge on any atom is -0.300 e. The minimum absolute atomic E-state index is 0.449. The van der Waals surface area contributed by atoms with Gasteiger partial charge in [0.1, 0.15) is 5.78 Å². The second-order valence-electron chi connectivity index (χ2n) is 5.37. The highest BCUT2D eigenvalue weighted by Crippen LogP contribution is 2.39. The molecule has 0 N–H and O–H groups in total. The Morgan fingerprint density at radius 3 is 2.06 bits per heavy atom. The zero-order chi connectivity index (χ0) is 11.4. The lowest BCUT2D eigenvalue weighted by Gasteiger charge is -2.34. The second kappa shape index (κ2) is 5.60. The molecule has 0 aromatic heterocycles. The van der Waals surface area contributed by atoms with Crippen LogP contribution in [0.1, 0.15) is 51.4 Å². The van der Waals surface area contributed by atoms with Crippen molar-refractivity contribution in [3.8, 4) is 0 Å². The molecule has 90 valence electrons. The van der Waals surface area contributed by atoms with E-state index in [2.05, 4.69) is 0 Å². The summed E-state index contributed by atoms with van der Waals surface area (Å²) in [7, 11) is 0. The molecule has 0 heterocycles. The van der Waals surface area contributed by atoms with Gasteiger partial charge in [-0.25, -0.2) is 4.39 Å². The Labute approximate surface area is 97.1 Å². The number of Topliss-reactive ketones (excluding diaryl/α,β-unsaturated/α-hetero) is 1. The standard InChI is InChI=1S/C14H21FO/c15-10-9-11-1-3-12(4-2-11)13-5-7-14(16)8-6-13/h9-13H,1-8H2. The normalized spacial score (nSPS) is 33.4. The molecule has 16 heavy (non-hydrogen) atoms. The van der Waals surface area contributed by atoms with Crippen molar-refractivity contribution in [3.63, 3.8) is 0 Å². The Bertz CT molecular complexity index is 254. The first-order chi connectivity index (χ1) is 7.79. The number of carbonyl (C=O) groups excluding carboxylic acids is 1. The Morgan fingerprint density at radius 1 is 0.938 bits per heavy atom. The molecule has 0 aromatic rings. The van der Waals surface area contributed by atoms with Gasteiger partial charge in [-0.3, -0.25) is 4.79 Å². The number of hydrogen-bond acceptors (Lipinski definition) is 1. The average Bonchev–Trinajstić information content (AvgIpc) is 2.32. The van der Waals surface area contributed by atoms with Gasteiger partial charge in [0.25, 0.3) is 0 Å². The van der Waals surface area contributed by atoms with Crippen LogP contribution in [0, 0.1) is 17.8 Å². The Hall–Kier alpha value is -0.660. The Balaban J connectivity index is 1.78. The third-order valence-electron chi connectivity index (χ3n) is 4.42. The summed E-state index contributed by atoms with van der Waals surface area (Å²) in [6.45, 7) is 0. The number of hydrogen-bond donors (Lipinski definition) is 0. The van der Waals surface area contributed by atoms with E-state index < -0.39 is 0 Å². The lowest BCUT2D eigenvalue weighted by molar-refractivity contribution is -0.121. The van der Waals surface area contributed by atoms with Crippen LogP contribution in [0.15, 0.2) is 12.4 Å². The van der Waals surface area contributed by atoms with Gasteiger partial charge in [0.15, 0.2) is 0 Å². The summed E-state index contributed by atoms with van der Waals surface area (Å²) in [4.78, 5) is 11.2. The van der Waals surface area contributed by atoms with Crippen LogP contribution in [0.25, 0.3) is 0 Å². The van der Waals surface area contributed by atoms with Gasteiger partial charge >= 0.3 is 0 Å². The molecule has 2 aliphatic rings. The zero-order valence-corrected chi connectivity index (χ0v) is 9.83. The molecule has 0 spiro atoms. The topological polar surface area (TPSA) is 17.1 Å². The van der Waals surface area contributed by atoms with E-state index in [9.17, 15) is 9.18 Å². The summed E-state index contributed by atoms with van der Waals surface area (Å²) in [6.07, 6.45) is 10.9. The first kappa shape index (κ1) is 11.8. The van der Waals surface area contributed by atoms with Gasteiger partial charge in [-0.2, -0.15) is 0 Å². The molecule has 0 saturated heterocycles. The van der Waals surface area contributed by atoms with Crippen LogP contribution in [-0.2, 0) is 4.79 Å². The van der Waals surface area contributed by atoms with Crippen molar-refractivity contribution in [2.75, 3.05) is 0 Å². The molecule has 0 radical (unpaired) electrons. The van der Waals surface area contributed by atoms with Crippen molar-refractivity contribution in [2.24, 2.45) is 17.8 Å². The van der Waals surface area contributed by atoms with Crippen molar-refractivity contribution >= 4 is 5.78 Å². The van der Waals surface area contributed by atoms with E-state index >= 15 is 0 Å². The predicted octanol–water partition coefficient (Wildman–Crippen LogP) is 4.04. The number of rotatable bonds is 2. The molecule has 0 amide bonds. The highest BCUT2D eigenvalue weighted by molar-refractivity contribution is 5.79. The lowest BCUT2D eigenvalue weighted by Crippen LogP contribution is -2.25. The molecule has 2 rings (SSSR count). The maximum atomic E-state index is 12.1. The van der Waals surface area contributed by atoms with Crippen LogP contribution in [0.4, 0.5) is 4.39 Å². The molecule has 2 aliphatic carbocycles. The van der Waals surface area contributed by atoms with Crippen molar-refractivity contribution in [3.05, 3.63) is 12.4 Å². The number of ketones is 1. The average molecular weight is 224 g/mol. The molecule has 1 nitrogen and oxygen atoms in total. The van der Waals surface area contributed by atoms with Gasteiger partial charge in [0, 0.05) is 12.8 Å². The SMILES string of the molecule is O=C1CCC(C2CCC(C=CF)CC2)CC1. The quantitative estimate of drug-likeness (QED) is 0.692. The third kappa shape index (κ3) is 2.93. The van der Waals surface area contributed by atoms with Crippen LogP contribution >= 0.6 is 0 Å². The minimum atomic E-state index is 0.449. The number of carbonyl (C=O) groups is 1. The van der Waals surface area contributed by atoms with Gasteiger partial charge in [-0.1, -0.05) is 6.08 Å². The molecule has 2 fully saturated rings. The third-order valence-corrected chi connectivity index (χ3v) is 4.42. The van der Waals surface area contributed by atoms with Gasteiger partial charge in [0.05, 0.1) is 6.33 Å². The van der Waals surface area contributed by atoms with Crippen molar-refractivity contribution in [1.82, 2.24) is 0 Å². The van der Waals surface area contributed by atoms with Crippen molar-refractivity contribution in [1.29, 1.82) is 0 Å². The van der Waals surface area contributed by atoms with E-state index in [-0.39, 0.29) is 0 Å². The molecule has 2 heteroatoms. The molecule has 0 aliphatic heterocycles. The molecular weight excluding hydrogens is 203 g/mol. The number of halogens is 1. The fourth-order valence-electron chi connectivity index (χ4n) is 3.35. The largest absolute Gasteiger partial charge is 0.300 e. The molecule has 0 atom stereocenters. The molecule has 0 aromatic carbocycles. The molecular formula is C14H21FO. The highest BCUT2D eigenvalue weighted by Gasteiger charge is 2.29. The summed E-state index contributed by atoms with van der Waals surface area (Å²) in [6, 6.07) is 0. The van der Waals surface area contributed by atoms with E-state index in [0.717, 1.165) is 50.4 Å². The fourth-order valence-corrected chi connectivity index (χ4v) is 3.35. The van der Waals surface area contributed by atoms with E-state index in [4.69, 9.17) is 0 Å². The maximum Gasteiger partial charge on any atom is 0.132 e. The van der Waals surface area contributed by atoms with Crippen LogP contribution in [0.2, 0.25) is 0 Å². The van der Waals surface area contributed by atoms with Gasteiger partial charge in [-0.05, 0) is 56.3 Å². The smallest absolute Gasteiger partial charge is 0.132 e. The monoisotopic (exact) mass is 224 g/mol. The summed E-state index contributed by atoms with van der Waals surface area (Å²) >= 11 is 0. The summed E-state index contributed by atoms with van der Waals surface area (Å²) in [5.74, 6) is 2.49.